The van der Waals surface area contributed by atoms with E-state index in [0.717, 1.165) is 0 Å². The molecule has 3 aromatic carbocycles. The number of hydrogen-bond acceptors (Lipinski definition) is 4. The quantitative estimate of drug-likeness (QED) is 0.486. The fourth-order valence-electron chi connectivity index (χ4n) is 2.98. The Balaban J connectivity index is 1.66. The number of rotatable bonds is 5. The molecule has 0 saturated carbocycles. The Morgan fingerprint density at radius 1 is 0.867 bits per heavy atom. The van der Waals surface area contributed by atoms with E-state index in [1.165, 1.54) is 24.3 Å². The Kier molecular flexibility index (Phi) is 5.17. The van der Waals surface area contributed by atoms with Gasteiger partial charge in [-0.3, -0.25) is 9.59 Å². The van der Waals surface area contributed by atoms with Crippen molar-refractivity contribution < 1.29 is 23.1 Å². The van der Waals surface area contributed by atoms with Crippen LogP contribution in [0.2, 0.25) is 0 Å². The molecule has 150 valence electrons. The van der Waals surface area contributed by atoms with Crippen molar-refractivity contribution in [3.63, 3.8) is 0 Å². The van der Waals surface area contributed by atoms with Crippen molar-refractivity contribution in [1.29, 1.82) is 0 Å². The zero-order valence-electron chi connectivity index (χ0n) is 15.9. The van der Waals surface area contributed by atoms with Crippen LogP contribution in [-0.2, 0) is 0 Å². The van der Waals surface area contributed by atoms with Crippen LogP contribution in [0.1, 0.15) is 20.9 Å². The summed E-state index contributed by atoms with van der Waals surface area (Å²) in [6.07, 6.45) is 0. The third-order valence-electron chi connectivity index (χ3n) is 4.49. The standard InChI is InChI=1S/C23H17FN2O4/c1-29-17-12-6-14(7-13-17)22(27)26-20-18-4-2-3-5-19(18)30-21(20)23(28)25-16-10-8-15(24)9-11-16/h2-13H,1H3,(H,25,28)(H,26,27). The molecule has 6 nitrogen and oxygen atoms in total. The molecule has 0 fully saturated rings. The maximum absolute atomic E-state index is 13.1. The number of nitrogens with one attached hydrogen (secondary N) is 2. The van der Waals surface area contributed by atoms with Crippen LogP contribution >= 0.6 is 0 Å². The lowest BCUT2D eigenvalue weighted by molar-refractivity contribution is 0.0999. The average Bonchev–Trinajstić information content (AvgIpc) is 3.14. The summed E-state index contributed by atoms with van der Waals surface area (Å²) < 4.78 is 23.9. The van der Waals surface area contributed by atoms with Gasteiger partial charge in [-0.1, -0.05) is 12.1 Å². The average molecular weight is 404 g/mol. The van der Waals surface area contributed by atoms with Crippen LogP contribution in [0.25, 0.3) is 11.0 Å². The number of fused-ring (bicyclic) bond motifs is 1. The molecule has 2 amide bonds. The number of hydrogen-bond donors (Lipinski definition) is 2. The predicted octanol–water partition coefficient (Wildman–Crippen LogP) is 5.09. The van der Waals surface area contributed by atoms with Gasteiger partial charge in [0, 0.05) is 16.6 Å². The first kappa shape index (κ1) is 19.2. The van der Waals surface area contributed by atoms with Crippen LogP contribution in [0.3, 0.4) is 0 Å². The van der Waals surface area contributed by atoms with Gasteiger partial charge in [-0.15, -0.1) is 0 Å². The Morgan fingerprint density at radius 3 is 2.27 bits per heavy atom. The molecule has 0 aliphatic rings. The van der Waals surface area contributed by atoms with Gasteiger partial charge in [-0.2, -0.15) is 0 Å². The molecule has 2 N–H and O–H groups in total. The third-order valence-corrected chi connectivity index (χ3v) is 4.49. The van der Waals surface area contributed by atoms with Crippen LogP contribution < -0.4 is 15.4 Å². The summed E-state index contributed by atoms with van der Waals surface area (Å²) >= 11 is 0. The monoisotopic (exact) mass is 404 g/mol. The van der Waals surface area contributed by atoms with E-state index in [-0.39, 0.29) is 11.4 Å². The van der Waals surface area contributed by atoms with Gasteiger partial charge in [0.05, 0.1) is 7.11 Å². The maximum atomic E-state index is 13.1. The van der Waals surface area contributed by atoms with E-state index in [1.807, 2.05) is 0 Å². The summed E-state index contributed by atoms with van der Waals surface area (Å²) in [6, 6.07) is 18.9. The Bertz CT molecular complexity index is 1210. The second-order valence-electron chi connectivity index (χ2n) is 6.45. The molecule has 1 heterocycles. The summed E-state index contributed by atoms with van der Waals surface area (Å²) in [5, 5.41) is 6.00. The summed E-state index contributed by atoms with van der Waals surface area (Å²) in [5.74, 6) is -0.811. The Labute approximate surface area is 171 Å². The van der Waals surface area contributed by atoms with Crippen LogP contribution in [0.4, 0.5) is 15.8 Å². The number of furan rings is 1. The third kappa shape index (κ3) is 3.86. The van der Waals surface area contributed by atoms with Crippen molar-refractivity contribution >= 4 is 34.2 Å². The summed E-state index contributed by atoms with van der Waals surface area (Å²) in [7, 11) is 1.54. The van der Waals surface area contributed by atoms with Crippen molar-refractivity contribution in [1.82, 2.24) is 0 Å². The van der Waals surface area contributed by atoms with Gasteiger partial charge in [-0.05, 0) is 60.7 Å². The van der Waals surface area contributed by atoms with Crippen molar-refractivity contribution in [2.24, 2.45) is 0 Å². The predicted molar refractivity (Wildman–Crippen MR) is 112 cm³/mol. The molecule has 30 heavy (non-hydrogen) atoms. The van der Waals surface area contributed by atoms with Crippen molar-refractivity contribution in [2.75, 3.05) is 17.7 Å². The fraction of sp³-hybridized carbons (Fsp3) is 0.0435. The normalized spacial score (nSPS) is 10.6. The van der Waals surface area contributed by atoms with Gasteiger partial charge >= 0.3 is 0 Å². The van der Waals surface area contributed by atoms with E-state index >= 15 is 0 Å². The largest absolute Gasteiger partial charge is 0.497 e. The number of amides is 2. The highest BCUT2D eigenvalue weighted by Gasteiger charge is 2.23. The smallest absolute Gasteiger partial charge is 0.293 e. The number of carbonyl (C=O) groups is 2. The molecule has 4 rings (SSSR count). The van der Waals surface area contributed by atoms with Gasteiger partial charge in [0.2, 0.25) is 5.76 Å². The Morgan fingerprint density at radius 2 is 1.57 bits per heavy atom. The van der Waals surface area contributed by atoms with Crippen LogP contribution in [-0.4, -0.2) is 18.9 Å². The molecule has 0 aliphatic heterocycles. The van der Waals surface area contributed by atoms with Gasteiger partial charge in [0.15, 0.2) is 0 Å². The second kappa shape index (κ2) is 8.08. The molecule has 0 unspecified atom stereocenters. The zero-order valence-corrected chi connectivity index (χ0v) is 15.9. The molecule has 0 radical (unpaired) electrons. The minimum absolute atomic E-state index is 0.0533. The molecule has 0 atom stereocenters. The second-order valence-corrected chi connectivity index (χ2v) is 6.45. The number of anilines is 2. The van der Waals surface area contributed by atoms with E-state index < -0.39 is 17.6 Å². The molecule has 0 bridgehead atoms. The van der Waals surface area contributed by atoms with Gasteiger partial charge < -0.3 is 19.8 Å². The van der Waals surface area contributed by atoms with Crippen molar-refractivity contribution in [3.8, 4) is 5.75 Å². The lowest BCUT2D eigenvalue weighted by Crippen LogP contribution is -2.17. The van der Waals surface area contributed by atoms with E-state index in [1.54, 1.807) is 55.6 Å². The number of para-hydroxylation sites is 1. The zero-order chi connectivity index (χ0) is 21.1. The van der Waals surface area contributed by atoms with E-state index in [4.69, 9.17) is 9.15 Å². The number of ether oxygens (including phenoxy) is 1. The molecular formula is C23H17FN2O4. The molecule has 4 aromatic rings. The van der Waals surface area contributed by atoms with Gasteiger partial charge in [-0.25, -0.2) is 4.39 Å². The van der Waals surface area contributed by atoms with E-state index in [0.29, 0.717) is 28.0 Å². The number of benzene rings is 3. The van der Waals surface area contributed by atoms with Crippen LogP contribution in [0.5, 0.6) is 5.75 Å². The summed E-state index contributed by atoms with van der Waals surface area (Å²) in [5.41, 5.74) is 1.50. The number of carbonyl (C=O) groups excluding carboxylic acids is 2. The Hall–Kier alpha value is -4.13. The molecule has 0 aliphatic carbocycles. The molecule has 0 saturated heterocycles. The van der Waals surface area contributed by atoms with Crippen molar-refractivity contribution in [2.45, 2.75) is 0 Å². The fourth-order valence-corrected chi connectivity index (χ4v) is 2.98. The highest BCUT2D eigenvalue weighted by atomic mass is 19.1. The molecule has 1 aromatic heterocycles. The van der Waals surface area contributed by atoms with Gasteiger partial charge in [0.1, 0.15) is 22.8 Å². The number of methoxy groups -OCH3 is 1. The lowest BCUT2D eigenvalue weighted by atomic mass is 10.1. The maximum Gasteiger partial charge on any atom is 0.293 e. The SMILES string of the molecule is COc1ccc(C(=O)Nc2c(C(=O)Nc3ccc(F)cc3)oc3ccccc23)cc1. The minimum Gasteiger partial charge on any atom is -0.497 e. The highest BCUT2D eigenvalue weighted by Crippen LogP contribution is 2.32. The van der Waals surface area contributed by atoms with Crippen molar-refractivity contribution in [3.05, 3.63) is 89.9 Å². The minimum atomic E-state index is -0.567. The topological polar surface area (TPSA) is 80.6 Å². The highest BCUT2D eigenvalue weighted by molar-refractivity contribution is 6.16. The van der Waals surface area contributed by atoms with E-state index in [9.17, 15) is 14.0 Å². The first-order valence-electron chi connectivity index (χ1n) is 9.09. The first-order chi connectivity index (χ1) is 14.5. The van der Waals surface area contributed by atoms with Crippen LogP contribution in [0.15, 0.2) is 77.2 Å². The first-order valence-corrected chi connectivity index (χ1v) is 9.09. The summed E-state index contributed by atoms with van der Waals surface area (Å²) in [6.45, 7) is 0. The molecular weight excluding hydrogens is 387 g/mol. The van der Waals surface area contributed by atoms with Gasteiger partial charge in [0.25, 0.3) is 11.8 Å². The molecule has 7 heteroatoms. The van der Waals surface area contributed by atoms with Crippen LogP contribution in [0, 0.1) is 5.82 Å². The molecule has 0 spiro atoms. The number of halogens is 1. The summed E-state index contributed by atoms with van der Waals surface area (Å²) in [4.78, 5) is 25.6. The van der Waals surface area contributed by atoms with E-state index in [2.05, 4.69) is 10.6 Å². The lowest BCUT2D eigenvalue weighted by Gasteiger charge is -2.08.